The molecule has 70 valence electrons. The second-order valence-electron chi connectivity index (χ2n) is 3.59. The maximum Gasteiger partial charge on any atom is 0.0839 e. The van der Waals surface area contributed by atoms with E-state index in [-0.39, 0.29) is 12.5 Å². The molecule has 1 aliphatic rings. The van der Waals surface area contributed by atoms with E-state index >= 15 is 0 Å². The number of hydrogen-bond acceptors (Lipinski definition) is 2. The van der Waals surface area contributed by atoms with Crippen molar-refractivity contribution in [3.63, 3.8) is 0 Å². The molecule has 2 atom stereocenters. The van der Waals surface area contributed by atoms with Gasteiger partial charge in [-0.25, -0.2) is 0 Å². The first kappa shape index (κ1) is 8.73. The zero-order chi connectivity index (χ0) is 9.26. The quantitative estimate of drug-likeness (QED) is 0.711. The molecular formula is C11H14O2. The Balaban J connectivity index is 2.28. The van der Waals surface area contributed by atoms with Gasteiger partial charge in [0, 0.05) is 5.92 Å². The number of rotatable bonds is 2. The number of aryl methyl sites for hydroxylation is 1. The summed E-state index contributed by atoms with van der Waals surface area (Å²) < 4.78 is 0. The molecule has 1 aromatic rings. The Kier molecular flexibility index (Phi) is 2.34. The molecule has 0 spiro atoms. The van der Waals surface area contributed by atoms with E-state index in [9.17, 15) is 5.11 Å². The Morgan fingerprint density at radius 1 is 1.38 bits per heavy atom. The largest absolute Gasteiger partial charge is 0.394 e. The summed E-state index contributed by atoms with van der Waals surface area (Å²) in [7, 11) is 0. The SMILES string of the molecule is OCC(O)C1CCc2ccccc21. The van der Waals surface area contributed by atoms with Gasteiger partial charge < -0.3 is 10.2 Å². The van der Waals surface area contributed by atoms with Gasteiger partial charge in [-0.1, -0.05) is 24.3 Å². The van der Waals surface area contributed by atoms with E-state index in [1.165, 1.54) is 11.1 Å². The lowest BCUT2D eigenvalue weighted by atomic mass is 9.96. The molecule has 0 aliphatic heterocycles. The second kappa shape index (κ2) is 3.48. The van der Waals surface area contributed by atoms with Crippen LogP contribution in [0.1, 0.15) is 23.5 Å². The van der Waals surface area contributed by atoms with E-state index in [4.69, 9.17) is 5.11 Å². The lowest BCUT2D eigenvalue weighted by Gasteiger charge is -2.16. The molecule has 13 heavy (non-hydrogen) atoms. The zero-order valence-electron chi connectivity index (χ0n) is 7.48. The predicted octanol–water partition coefficient (Wildman–Crippen LogP) is 1.07. The van der Waals surface area contributed by atoms with Crippen molar-refractivity contribution in [2.24, 2.45) is 0 Å². The van der Waals surface area contributed by atoms with Gasteiger partial charge in [-0.3, -0.25) is 0 Å². The number of benzene rings is 1. The van der Waals surface area contributed by atoms with Gasteiger partial charge in [0.15, 0.2) is 0 Å². The van der Waals surface area contributed by atoms with Crippen molar-refractivity contribution in [1.82, 2.24) is 0 Å². The van der Waals surface area contributed by atoms with Crippen LogP contribution < -0.4 is 0 Å². The fraction of sp³-hybridized carbons (Fsp3) is 0.455. The lowest BCUT2D eigenvalue weighted by molar-refractivity contribution is 0.0728. The van der Waals surface area contributed by atoms with Crippen LogP contribution in [0.5, 0.6) is 0 Å². The monoisotopic (exact) mass is 178 g/mol. The van der Waals surface area contributed by atoms with Gasteiger partial charge in [0.05, 0.1) is 12.7 Å². The van der Waals surface area contributed by atoms with Crippen LogP contribution in [0.4, 0.5) is 0 Å². The first-order valence-electron chi connectivity index (χ1n) is 4.69. The third-order valence-electron chi connectivity index (χ3n) is 2.83. The van der Waals surface area contributed by atoms with Crippen LogP contribution in [-0.2, 0) is 6.42 Å². The molecule has 1 aromatic carbocycles. The smallest absolute Gasteiger partial charge is 0.0839 e. The van der Waals surface area contributed by atoms with Gasteiger partial charge in [-0.15, -0.1) is 0 Å². The lowest BCUT2D eigenvalue weighted by Crippen LogP contribution is -2.20. The molecule has 0 aromatic heterocycles. The van der Waals surface area contributed by atoms with Gasteiger partial charge in [0.1, 0.15) is 0 Å². The van der Waals surface area contributed by atoms with Gasteiger partial charge in [0.25, 0.3) is 0 Å². The van der Waals surface area contributed by atoms with E-state index < -0.39 is 6.10 Å². The minimum atomic E-state index is -0.594. The molecule has 0 heterocycles. The van der Waals surface area contributed by atoms with Crippen LogP contribution in [0.3, 0.4) is 0 Å². The van der Waals surface area contributed by atoms with Gasteiger partial charge in [-0.2, -0.15) is 0 Å². The van der Waals surface area contributed by atoms with Crippen molar-refractivity contribution in [2.45, 2.75) is 24.9 Å². The highest BCUT2D eigenvalue weighted by atomic mass is 16.3. The standard InChI is InChI=1S/C11H14O2/c12-7-11(13)10-6-5-8-3-1-2-4-9(8)10/h1-4,10-13H,5-7H2. The molecule has 0 saturated carbocycles. The van der Waals surface area contributed by atoms with E-state index in [2.05, 4.69) is 6.07 Å². The molecule has 0 radical (unpaired) electrons. The first-order valence-corrected chi connectivity index (χ1v) is 4.69. The van der Waals surface area contributed by atoms with Crippen molar-refractivity contribution < 1.29 is 10.2 Å². The van der Waals surface area contributed by atoms with Crippen molar-refractivity contribution in [2.75, 3.05) is 6.61 Å². The summed E-state index contributed by atoms with van der Waals surface area (Å²) in [6.45, 7) is -0.140. The minimum Gasteiger partial charge on any atom is -0.394 e. The summed E-state index contributed by atoms with van der Waals surface area (Å²) in [6.07, 6.45) is 1.39. The summed E-state index contributed by atoms with van der Waals surface area (Å²) in [5.41, 5.74) is 2.53. The molecule has 2 N–H and O–H groups in total. The number of hydrogen-bond donors (Lipinski definition) is 2. The summed E-state index contributed by atoms with van der Waals surface area (Å²) in [4.78, 5) is 0. The van der Waals surface area contributed by atoms with E-state index in [1.54, 1.807) is 0 Å². The van der Waals surface area contributed by atoms with Crippen LogP contribution in [-0.4, -0.2) is 22.9 Å². The topological polar surface area (TPSA) is 40.5 Å². The average molecular weight is 178 g/mol. The van der Waals surface area contributed by atoms with Gasteiger partial charge in [0.2, 0.25) is 0 Å². The van der Waals surface area contributed by atoms with Crippen LogP contribution in [0.2, 0.25) is 0 Å². The molecule has 0 amide bonds. The van der Waals surface area contributed by atoms with Crippen LogP contribution in [0.15, 0.2) is 24.3 Å². The summed E-state index contributed by atoms with van der Waals surface area (Å²) in [5, 5.41) is 18.4. The van der Waals surface area contributed by atoms with E-state index in [0.717, 1.165) is 12.8 Å². The maximum absolute atomic E-state index is 9.55. The van der Waals surface area contributed by atoms with Gasteiger partial charge >= 0.3 is 0 Å². The van der Waals surface area contributed by atoms with E-state index in [0.29, 0.717) is 0 Å². The minimum absolute atomic E-state index is 0.140. The normalized spacial score (nSPS) is 22.8. The average Bonchev–Trinajstić information content (AvgIpc) is 2.60. The Morgan fingerprint density at radius 2 is 2.15 bits per heavy atom. The Labute approximate surface area is 77.8 Å². The zero-order valence-corrected chi connectivity index (χ0v) is 7.48. The third kappa shape index (κ3) is 1.47. The molecule has 0 fully saturated rings. The highest BCUT2D eigenvalue weighted by Crippen LogP contribution is 2.34. The predicted molar refractivity (Wildman–Crippen MR) is 50.6 cm³/mol. The van der Waals surface area contributed by atoms with Gasteiger partial charge in [-0.05, 0) is 24.0 Å². The van der Waals surface area contributed by atoms with Crippen LogP contribution >= 0.6 is 0 Å². The highest BCUT2D eigenvalue weighted by molar-refractivity contribution is 5.35. The Bertz CT molecular complexity index is 296. The molecule has 0 saturated heterocycles. The maximum atomic E-state index is 9.55. The molecule has 0 bridgehead atoms. The first-order chi connectivity index (χ1) is 6.33. The fourth-order valence-corrected chi connectivity index (χ4v) is 2.12. The summed E-state index contributed by atoms with van der Waals surface area (Å²) in [5.74, 6) is 0.140. The summed E-state index contributed by atoms with van der Waals surface area (Å²) >= 11 is 0. The molecular weight excluding hydrogens is 164 g/mol. The van der Waals surface area contributed by atoms with Crippen molar-refractivity contribution >= 4 is 0 Å². The molecule has 1 aliphatic carbocycles. The number of fused-ring (bicyclic) bond motifs is 1. The number of aliphatic hydroxyl groups excluding tert-OH is 2. The van der Waals surface area contributed by atoms with E-state index in [1.807, 2.05) is 18.2 Å². The van der Waals surface area contributed by atoms with Crippen molar-refractivity contribution in [1.29, 1.82) is 0 Å². The molecule has 2 heteroatoms. The molecule has 2 nitrogen and oxygen atoms in total. The van der Waals surface area contributed by atoms with Crippen molar-refractivity contribution in [3.8, 4) is 0 Å². The Hall–Kier alpha value is -0.860. The molecule has 2 rings (SSSR count). The highest BCUT2D eigenvalue weighted by Gasteiger charge is 2.27. The fourth-order valence-electron chi connectivity index (χ4n) is 2.12. The van der Waals surface area contributed by atoms with Crippen LogP contribution in [0.25, 0.3) is 0 Å². The number of aliphatic hydroxyl groups is 2. The molecule has 2 unspecified atom stereocenters. The second-order valence-corrected chi connectivity index (χ2v) is 3.59. The third-order valence-corrected chi connectivity index (χ3v) is 2.83. The summed E-state index contributed by atoms with van der Waals surface area (Å²) in [6, 6.07) is 8.15. The van der Waals surface area contributed by atoms with Crippen LogP contribution in [0, 0.1) is 0 Å². The van der Waals surface area contributed by atoms with Crippen molar-refractivity contribution in [3.05, 3.63) is 35.4 Å². The Morgan fingerprint density at radius 3 is 2.92 bits per heavy atom.